The first-order valence-electron chi connectivity index (χ1n) is 9.97. The number of aromatic nitrogens is 1. The lowest BCUT2D eigenvalue weighted by Gasteiger charge is -2.14. The van der Waals surface area contributed by atoms with Crippen molar-refractivity contribution in [3.63, 3.8) is 0 Å². The Balaban J connectivity index is 1.68. The van der Waals surface area contributed by atoms with E-state index in [4.69, 9.17) is 9.26 Å². The van der Waals surface area contributed by atoms with E-state index in [-0.39, 0.29) is 12.3 Å². The number of hydrogen-bond acceptors (Lipinski definition) is 6. The average molecular weight is 431 g/mol. The lowest BCUT2D eigenvalue weighted by Crippen LogP contribution is -2.14. The SMILES string of the molecule is Cc1ccc(NC(=O)c2cc3ccccc3cc2OCc2c(C)noc2C)cc1[N+](=O)[O-]. The molecule has 4 aromatic rings. The summed E-state index contributed by atoms with van der Waals surface area (Å²) in [6.45, 7) is 5.47. The Morgan fingerprint density at radius 1 is 1.09 bits per heavy atom. The van der Waals surface area contributed by atoms with Crippen molar-refractivity contribution in [3.05, 3.63) is 92.9 Å². The van der Waals surface area contributed by atoms with Crippen LogP contribution in [0.25, 0.3) is 10.8 Å². The molecule has 8 heteroatoms. The number of fused-ring (bicyclic) bond motifs is 1. The van der Waals surface area contributed by atoms with Crippen LogP contribution in [0.5, 0.6) is 5.75 Å². The third-order valence-electron chi connectivity index (χ3n) is 5.31. The topological polar surface area (TPSA) is 108 Å². The van der Waals surface area contributed by atoms with E-state index in [0.717, 1.165) is 22.0 Å². The Morgan fingerprint density at radius 3 is 2.47 bits per heavy atom. The van der Waals surface area contributed by atoms with Crippen molar-refractivity contribution in [2.24, 2.45) is 0 Å². The molecule has 0 saturated heterocycles. The molecule has 0 spiro atoms. The van der Waals surface area contributed by atoms with Crippen LogP contribution in [-0.2, 0) is 6.61 Å². The first-order chi connectivity index (χ1) is 15.3. The highest BCUT2D eigenvalue weighted by atomic mass is 16.6. The molecule has 0 bridgehead atoms. The Bertz CT molecular complexity index is 1320. The third kappa shape index (κ3) is 4.15. The van der Waals surface area contributed by atoms with Crippen molar-refractivity contribution in [2.75, 3.05) is 5.32 Å². The maximum absolute atomic E-state index is 13.1. The fourth-order valence-electron chi connectivity index (χ4n) is 3.46. The smallest absolute Gasteiger partial charge is 0.274 e. The predicted octanol–water partition coefficient (Wildman–Crippen LogP) is 5.49. The molecule has 0 saturated carbocycles. The second-order valence-electron chi connectivity index (χ2n) is 7.50. The van der Waals surface area contributed by atoms with E-state index in [9.17, 15) is 14.9 Å². The summed E-state index contributed by atoms with van der Waals surface area (Å²) in [4.78, 5) is 23.9. The lowest BCUT2D eigenvalue weighted by atomic mass is 10.0. The number of nitrogens with zero attached hydrogens (tertiary/aromatic N) is 2. The van der Waals surface area contributed by atoms with E-state index >= 15 is 0 Å². The molecule has 1 heterocycles. The van der Waals surface area contributed by atoms with Crippen LogP contribution in [0.2, 0.25) is 0 Å². The highest BCUT2D eigenvalue weighted by Gasteiger charge is 2.18. The number of aryl methyl sites for hydroxylation is 3. The van der Waals surface area contributed by atoms with Gasteiger partial charge in [-0.1, -0.05) is 35.5 Å². The summed E-state index contributed by atoms with van der Waals surface area (Å²) in [5.41, 5.74) is 2.65. The molecule has 1 amide bonds. The summed E-state index contributed by atoms with van der Waals surface area (Å²) in [6.07, 6.45) is 0. The van der Waals surface area contributed by atoms with Gasteiger partial charge in [0.15, 0.2) is 0 Å². The highest BCUT2D eigenvalue weighted by Crippen LogP contribution is 2.29. The molecule has 0 aliphatic rings. The third-order valence-corrected chi connectivity index (χ3v) is 5.31. The van der Waals surface area contributed by atoms with Crippen molar-refractivity contribution in [2.45, 2.75) is 27.4 Å². The number of benzene rings is 3. The van der Waals surface area contributed by atoms with Crippen LogP contribution in [0.1, 0.15) is 32.9 Å². The fraction of sp³-hybridized carbons (Fsp3) is 0.167. The average Bonchev–Trinajstić information content (AvgIpc) is 3.09. The minimum Gasteiger partial charge on any atom is -0.488 e. The molecule has 0 unspecified atom stereocenters. The number of amides is 1. The van der Waals surface area contributed by atoms with E-state index in [1.807, 2.05) is 31.2 Å². The second-order valence-corrected chi connectivity index (χ2v) is 7.50. The van der Waals surface area contributed by atoms with Crippen LogP contribution < -0.4 is 10.1 Å². The van der Waals surface area contributed by atoms with Crippen molar-refractivity contribution >= 4 is 28.1 Å². The van der Waals surface area contributed by atoms with E-state index in [1.54, 1.807) is 38.1 Å². The van der Waals surface area contributed by atoms with Crippen molar-refractivity contribution in [1.29, 1.82) is 0 Å². The van der Waals surface area contributed by atoms with Gasteiger partial charge in [-0.25, -0.2) is 0 Å². The molecule has 3 aromatic carbocycles. The van der Waals surface area contributed by atoms with Gasteiger partial charge in [0.25, 0.3) is 11.6 Å². The largest absolute Gasteiger partial charge is 0.488 e. The summed E-state index contributed by atoms with van der Waals surface area (Å²) in [5, 5.41) is 19.7. The van der Waals surface area contributed by atoms with E-state index in [1.165, 1.54) is 6.07 Å². The number of carbonyl (C=O) groups excluding carboxylic acids is 1. The molecule has 1 aromatic heterocycles. The van der Waals surface area contributed by atoms with Gasteiger partial charge < -0.3 is 14.6 Å². The molecule has 1 N–H and O–H groups in total. The van der Waals surface area contributed by atoms with Crippen LogP contribution in [0.15, 0.2) is 59.1 Å². The molecule has 0 fully saturated rings. The van der Waals surface area contributed by atoms with Gasteiger partial charge in [-0.05, 0) is 49.7 Å². The van der Waals surface area contributed by atoms with E-state index < -0.39 is 10.8 Å². The zero-order valence-corrected chi connectivity index (χ0v) is 17.8. The Morgan fingerprint density at radius 2 is 1.81 bits per heavy atom. The number of rotatable bonds is 6. The molecule has 0 atom stereocenters. The van der Waals surface area contributed by atoms with Gasteiger partial charge in [0.2, 0.25) is 0 Å². The predicted molar refractivity (Wildman–Crippen MR) is 120 cm³/mol. The molecule has 0 aliphatic carbocycles. The normalized spacial score (nSPS) is 10.8. The summed E-state index contributed by atoms with van der Waals surface area (Å²) >= 11 is 0. The van der Waals surface area contributed by atoms with Crippen LogP contribution in [0.3, 0.4) is 0 Å². The van der Waals surface area contributed by atoms with Gasteiger partial charge in [0.1, 0.15) is 18.1 Å². The maximum Gasteiger partial charge on any atom is 0.274 e. The van der Waals surface area contributed by atoms with E-state index in [2.05, 4.69) is 10.5 Å². The van der Waals surface area contributed by atoms with Gasteiger partial charge in [0, 0.05) is 17.3 Å². The summed E-state index contributed by atoms with van der Waals surface area (Å²) in [5.74, 6) is 0.617. The molecule has 8 nitrogen and oxygen atoms in total. The maximum atomic E-state index is 13.1. The minimum atomic E-state index is -0.473. The van der Waals surface area contributed by atoms with Crippen molar-refractivity contribution in [1.82, 2.24) is 5.16 Å². The minimum absolute atomic E-state index is 0.0591. The highest BCUT2D eigenvalue weighted by molar-refractivity contribution is 6.08. The molecule has 0 radical (unpaired) electrons. The molecular weight excluding hydrogens is 410 g/mol. The first-order valence-corrected chi connectivity index (χ1v) is 9.97. The number of hydrogen-bond donors (Lipinski definition) is 1. The second kappa shape index (κ2) is 8.50. The zero-order chi connectivity index (χ0) is 22.8. The molecular formula is C24H21N3O5. The monoisotopic (exact) mass is 431 g/mol. The Labute approximate surface area is 183 Å². The van der Waals surface area contributed by atoms with Gasteiger partial charge in [-0.15, -0.1) is 0 Å². The zero-order valence-electron chi connectivity index (χ0n) is 17.8. The summed E-state index contributed by atoms with van der Waals surface area (Å²) in [6, 6.07) is 15.8. The molecule has 32 heavy (non-hydrogen) atoms. The molecule has 4 rings (SSSR count). The number of nitrogens with one attached hydrogen (secondary N) is 1. The number of nitro groups is 1. The first kappa shape index (κ1) is 21.0. The number of carbonyl (C=O) groups is 1. The number of ether oxygens (including phenoxy) is 1. The van der Waals surface area contributed by atoms with Crippen LogP contribution >= 0.6 is 0 Å². The Hall–Kier alpha value is -4.20. The fourth-order valence-corrected chi connectivity index (χ4v) is 3.46. The number of nitro benzene ring substituents is 1. The van der Waals surface area contributed by atoms with Crippen LogP contribution in [0, 0.1) is 30.9 Å². The van der Waals surface area contributed by atoms with Gasteiger partial charge in [0.05, 0.1) is 21.7 Å². The van der Waals surface area contributed by atoms with Gasteiger partial charge in [-0.2, -0.15) is 0 Å². The number of anilines is 1. The standard InChI is InChI=1S/C24H21N3O5/c1-14-8-9-19(12-22(14)27(29)30)25-24(28)20-10-17-6-4-5-7-18(17)11-23(20)31-13-21-15(2)26-32-16(21)3/h4-12H,13H2,1-3H3,(H,25,28). The van der Waals surface area contributed by atoms with Crippen molar-refractivity contribution < 1.29 is 19.0 Å². The van der Waals surface area contributed by atoms with Crippen molar-refractivity contribution in [3.8, 4) is 5.75 Å². The lowest BCUT2D eigenvalue weighted by molar-refractivity contribution is -0.385. The quantitative estimate of drug-likeness (QED) is 0.319. The molecule has 0 aliphatic heterocycles. The van der Waals surface area contributed by atoms with Crippen LogP contribution in [0.4, 0.5) is 11.4 Å². The van der Waals surface area contributed by atoms with E-state index in [0.29, 0.717) is 28.3 Å². The Kier molecular flexibility index (Phi) is 5.59. The van der Waals surface area contributed by atoms with Crippen LogP contribution in [-0.4, -0.2) is 16.0 Å². The van der Waals surface area contributed by atoms with Gasteiger partial charge >= 0.3 is 0 Å². The molecule has 162 valence electrons. The summed E-state index contributed by atoms with van der Waals surface area (Å²) in [7, 11) is 0. The summed E-state index contributed by atoms with van der Waals surface area (Å²) < 4.78 is 11.2. The van der Waals surface area contributed by atoms with Gasteiger partial charge in [-0.3, -0.25) is 14.9 Å².